The van der Waals surface area contributed by atoms with E-state index in [-0.39, 0.29) is 17.9 Å². The van der Waals surface area contributed by atoms with Gasteiger partial charge in [-0.3, -0.25) is 0 Å². The summed E-state index contributed by atoms with van der Waals surface area (Å²) in [7, 11) is -3.23. The highest BCUT2D eigenvalue weighted by Gasteiger charge is 2.09. The van der Waals surface area contributed by atoms with Gasteiger partial charge in [-0.2, -0.15) is 0 Å². The molecule has 0 aliphatic carbocycles. The predicted molar refractivity (Wildman–Crippen MR) is 68.9 cm³/mol. The normalized spacial score (nSPS) is 11.4. The lowest BCUT2D eigenvalue weighted by atomic mass is 10.1. The lowest BCUT2D eigenvalue weighted by Crippen LogP contribution is -2.25. The van der Waals surface area contributed by atoms with Crippen LogP contribution in [0.25, 0.3) is 0 Å². The highest BCUT2D eigenvalue weighted by Crippen LogP contribution is 2.05. The molecule has 0 saturated carbocycles. The number of aromatic carboxylic acids is 1. The molecule has 0 aromatic heterocycles. The van der Waals surface area contributed by atoms with Crippen LogP contribution < -0.4 is 4.72 Å². The molecule has 5 nitrogen and oxygen atoms in total. The van der Waals surface area contributed by atoms with E-state index < -0.39 is 16.0 Å². The number of sulfonamides is 1. The molecule has 0 aliphatic heterocycles. The molecule has 6 heteroatoms. The number of carboxylic acid groups (broad SMARTS) is 1. The van der Waals surface area contributed by atoms with Crippen LogP contribution >= 0.6 is 0 Å². The molecule has 18 heavy (non-hydrogen) atoms. The van der Waals surface area contributed by atoms with Crippen molar-refractivity contribution in [2.45, 2.75) is 26.3 Å². The molecule has 0 saturated heterocycles. The van der Waals surface area contributed by atoms with Gasteiger partial charge in [-0.15, -0.1) is 0 Å². The number of rotatable bonds is 7. The third-order valence-corrected chi connectivity index (χ3v) is 3.87. The third-order valence-electron chi connectivity index (χ3n) is 2.46. The topological polar surface area (TPSA) is 83.5 Å². The maximum absolute atomic E-state index is 11.5. The minimum absolute atomic E-state index is 0.122. The van der Waals surface area contributed by atoms with Crippen molar-refractivity contribution in [2.24, 2.45) is 0 Å². The van der Waals surface area contributed by atoms with Gasteiger partial charge in [0.15, 0.2) is 0 Å². The Kier molecular flexibility index (Phi) is 5.30. The van der Waals surface area contributed by atoms with Crippen molar-refractivity contribution in [1.82, 2.24) is 4.72 Å². The van der Waals surface area contributed by atoms with Crippen LogP contribution in [0, 0.1) is 0 Å². The number of unbranched alkanes of at least 4 members (excludes halogenated alkanes) is 1. The summed E-state index contributed by atoms with van der Waals surface area (Å²) in [5, 5.41) is 8.72. The number of hydrogen-bond acceptors (Lipinski definition) is 3. The van der Waals surface area contributed by atoms with Crippen LogP contribution in [0.3, 0.4) is 0 Å². The Balaban J connectivity index is 2.56. The van der Waals surface area contributed by atoms with E-state index in [0.717, 1.165) is 12.0 Å². The molecule has 0 radical (unpaired) electrons. The van der Waals surface area contributed by atoms with Crippen LogP contribution in [0.5, 0.6) is 0 Å². The van der Waals surface area contributed by atoms with Gasteiger partial charge in [0.05, 0.1) is 11.3 Å². The molecule has 0 spiro atoms. The highest BCUT2D eigenvalue weighted by molar-refractivity contribution is 7.89. The Bertz CT molecular complexity index is 493. The van der Waals surface area contributed by atoms with E-state index in [1.165, 1.54) is 12.1 Å². The minimum atomic E-state index is -3.23. The van der Waals surface area contributed by atoms with Crippen molar-refractivity contribution in [3.63, 3.8) is 0 Å². The van der Waals surface area contributed by atoms with Crippen LogP contribution in [0.4, 0.5) is 0 Å². The molecule has 0 aliphatic rings. The average Bonchev–Trinajstić information content (AvgIpc) is 2.35. The standard InChI is InChI=1S/C12H17NO4S/c1-2-3-8-18(16,17)13-9-10-4-6-11(7-5-10)12(14)15/h4-7,13H,2-3,8-9H2,1H3,(H,14,15). The van der Waals surface area contributed by atoms with Crippen molar-refractivity contribution in [1.29, 1.82) is 0 Å². The Hall–Kier alpha value is -1.40. The van der Waals surface area contributed by atoms with Gasteiger partial charge in [-0.1, -0.05) is 25.5 Å². The molecule has 0 amide bonds. The summed E-state index contributed by atoms with van der Waals surface area (Å²) in [4.78, 5) is 10.6. The van der Waals surface area contributed by atoms with Crippen LogP contribution in [0.1, 0.15) is 35.7 Å². The van der Waals surface area contributed by atoms with Crippen molar-refractivity contribution in [3.8, 4) is 0 Å². The average molecular weight is 271 g/mol. The number of hydrogen-bond donors (Lipinski definition) is 2. The third kappa shape index (κ3) is 4.85. The lowest BCUT2D eigenvalue weighted by molar-refractivity contribution is 0.0697. The van der Waals surface area contributed by atoms with Gasteiger partial charge in [0.1, 0.15) is 0 Å². The van der Waals surface area contributed by atoms with Crippen LogP contribution in [-0.4, -0.2) is 25.2 Å². The monoisotopic (exact) mass is 271 g/mol. The maximum Gasteiger partial charge on any atom is 0.335 e. The molecular formula is C12H17NO4S. The second-order valence-electron chi connectivity index (χ2n) is 4.00. The molecule has 2 N–H and O–H groups in total. The first-order valence-electron chi connectivity index (χ1n) is 5.74. The predicted octanol–water partition coefficient (Wildman–Crippen LogP) is 1.60. The fourth-order valence-electron chi connectivity index (χ4n) is 1.36. The van der Waals surface area contributed by atoms with E-state index in [0.29, 0.717) is 6.42 Å². The molecular weight excluding hydrogens is 254 g/mol. The largest absolute Gasteiger partial charge is 0.478 e. The fourth-order valence-corrected chi connectivity index (χ4v) is 2.56. The second-order valence-corrected chi connectivity index (χ2v) is 5.92. The summed E-state index contributed by atoms with van der Waals surface area (Å²) in [6.45, 7) is 2.12. The SMILES string of the molecule is CCCCS(=O)(=O)NCc1ccc(C(=O)O)cc1. The number of nitrogens with one attached hydrogen (secondary N) is 1. The van der Waals surface area contributed by atoms with E-state index in [1.807, 2.05) is 6.92 Å². The zero-order valence-corrected chi connectivity index (χ0v) is 11.0. The van der Waals surface area contributed by atoms with Crippen LogP contribution in [0.15, 0.2) is 24.3 Å². The minimum Gasteiger partial charge on any atom is -0.478 e. The van der Waals surface area contributed by atoms with E-state index in [9.17, 15) is 13.2 Å². The Morgan fingerprint density at radius 2 is 1.89 bits per heavy atom. The Labute approximate surface area is 107 Å². The maximum atomic E-state index is 11.5. The molecule has 1 aromatic carbocycles. The van der Waals surface area contributed by atoms with Crippen LogP contribution in [-0.2, 0) is 16.6 Å². The first-order valence-corrected chi connectivity index (χ1v) is 7.39. The number of carbonyl (C=O) groups is 1. The molecule has 0 unspecified atom stereocenters. The molecule has 0 atom stereocenters. The van der Waals surface area contributed by atoms with Gasteiger partial charge in [-0.05, 0) is 24.1 Å². The van der Waals surface area contributed by atoms with E-state index in [1.54, 1.807) is 12.1 Å². The molecule has 0 fully saturated rings. The second kappa shape index (κ2) is 6.51. The molecule has 0 bridgehead atoms. The van der Waals surface area contributed by atoms with Crippen molar-refractivity contribution in [2.75, 3.05) is 5.75 Å². The summed E-state index contributed by atoms with van der Waals surface area (Å²) >= 11 is 0. The summed E-state index contributed by atoms with van der Waals surface area (Å²) in [5.41, 5.74) is 0.924. The summed E-state index contributed by atoms with van der Waals surface area (Å²) in [5.74, 6) is -0.874. The highest BCUT2D eigenvalue weighted by atomic mass is 32.2. The quantitative estimate of drug-likeness (QED) is 0.789. The fraction of sp³-hybridized carbons (Fsp3) is 0.417. The van der Waals surface area contributed by atoms with Gasteiger partial charge in [-0.25, -0.2) is 17.9 Å². The molecule has 0 heterocycles. The lowest BCUT2D eigenvalue weighted by Gasteiger charge is -2.06. The van der Waals surface area contributed by atoms with Crippen LogP contribution in [0.2, 0.25) is 0 Å². The molecule has 100 valence electrons. The van der Waals surface area contributed by atoms with E-state index >= 15 is 0 Å². The zero-order chi connectivity index (χ0) is 13.6. The van der Waals surface area contributed by atoms with E-state index in [2.05, 4.69) is 4.72 Å². The van der Waals surface area contributed by atoms with Gasteiger partial charge in [0.25, 0.3) is 0 Å². The Morgan fingerprint density at radius 3 is 2.39 bits per heavy atom. The summed E-state index contributed by atoms with van der Waals surface area (Å²) in [6.07, 6.45) is 1.46. The van der Waals surface area contributed by atoms with Gasteiger partial charge < -0.3 is 5.11 Å². The molecule has 1 aromatic rings. The van der Waals surface area contributed by atoms with E-state index in [4.69, 9.17) is 5.11 Å². The van der Waals surface area contributed by atoms with Gasteiger partial charge in [0, 0.05) is 6.54 Å². The number of benzene rings is 1. The van der Waals surface area contributed by atoms with Crippen molar-refractivity contribution < 1.29 is 18.3 Å². The van der Waals surface area contributed by atoms with Crippen molar-refractivity contribution in [3.05, 3.63) is 35.4 Å². The zero-order valence-electron chi connectivity index (χ0n) is 10.2. The summed E-state index contributed by atoms with van der Waals surface area (Å²) in [6, 6.07) is 6.12. The Morgan fingerprint density at radius 1 is 1.28 bits per heavy atom. The van der Waals surface area contributed by atoms with Gasteiger partial charge >= 0.3 is 5.97 Å². The first kappa shape index (κ1) is 14.7. The first-order chi connectivity index (χ1) is 8.44. The summed E-state index contributed by atoms with van der Waals surface area (Å²) < 4.78 is 25.5. The van der Waals surface area contributed by atoms with Gasteiger partial charge in [0.2, 0.25) is 10.0 Å². The smallest absolute Gasteiger partial charge is 0.335 e. The molecule has 1 rings (SSSR count). The number of carboxylic acids is 1. The van der Waals surface area contributed by atoms with Crippen molar-refractivity contribution >= 4 is 16.0 Å².